The van der Waals surface area contributed by atoms with Crippen LogP contribution in [0.4, 0.5) is 11.4 Å². The topological polar surface area (TPSA) is 67.4 Å². The quantitative estimate of drug-likeness (QED) is 0.756. The van der Waals surface area contributed by atoms with Crippen LogP contribution in [-0.2, 0) is 9.59 Å². The lowest BCUT2D eigenvalue weighted by atomic mass is 9.90. The molecule has 5 nitrogen and oxygen atoms in total. The molecule has 0 fully saturated rings. The summed E-state index contributed by atoms with van der Waals surface area (Å²) in [6, 6.07) is 14.6. The number of benzene rings is 2. The molecule has 0 aliphatic rings. The molecule has 0 saturated carbocycles. The molecule has 2 N–H and O–H groups in total. The van der Waals surface area contributed by atoms with Crippen LogP contribution < -0.4 is 15.4 Å². The molecule has 0 unspecified atom stereocenters. The monoisotopic (exact) mass is 354 g/mol. The summed E-state index contributed by atoms with van der Waals surface area (Å²) in [5, 5.41) is 5.65. The van der Waals surface area contributed by atoms with Crippen molar-refractivity contribution in [3.63, 3.8) is 0 Å². The summed E-state index contributed by atoms with van der Waals surface area (Å²) >= 11 is 0. The Morgan fingerprint density at radius 2 is 1.38 bits per heavy atom. The predicted octanol–water partition coefficient (Wildman–Crippen LogP) is 4.39. The summed E-state index contributed by atoms with van der Waals surface area (Å²) in [6.07, 6.45) is -0.0228. The minimum absolute atomic E-state index is 0.0228. The molecule has 138 valence electrons. The molecule has 0 saturated heterocycles. The van der Waals surface area contributed by atoms with Crippen LogP contribution in [0.25, 0.3) is 0 Å². The van der Waals surface area contributed by atoms with Gasteiger partial charge in [0.05, 0.1) is 11.8 Å². The highest BCUT2D eigenvalue weighted by atomic mass is 16.5. The largest absolute Gasteiger partial charge is 0.489 e. The molecule has 2 rings (SSSR count). The van der Waals surface area contributed by atoms with Crippen molar-refractivity contribution in [3.8, 4) is 5.75 Å². The number of hydrogen-bond acceptors (Lipinski definition) is 3. The standard InChI is InChI=1S/C21H26N2O3/c1-14(2)26-18-13-9-8-12-17(18)23-20(25)21(4,5)19(24)22-16-11-7-6-10-15(16)3/h6-14H,1-5H3,(H,22,24)(H,23,25). The number of para-hydroxylation sites is 3. The van der Waals surface area contributed by atoms with Crippen molar-refractivity contribution < 1.29 is 14.3 Å². The van der Waals surface area contributed by atoms with Gasteiger partial charge in [0.15, 0.2) is 0 Å². The first-order chi connectivity index (χ1) is 12.2. The Bertz CT molecular complexity index is 797. The highest BCUT2D eigenvalue weighted by Gasteiger charge is 2.36. The maximum Gasteiger partial charge on any atom is 0.239 e. The number of aryl methyl sites for hydroxylation is 1. The highest BCUT2D eigenvalue weighted by Crippen LogP contribution is 2.28. The number of amides is 2. The van der Waals surface area contributed by atoms with E-state index in [2.05, 4.69) is 10.6 Å². The van der Waals surface area contributed by atoms with Gasteiger partial charge in [0.1, 0.15) is 11.2 Å². The van der Waals surface area contributed by atoms with Crippen LogP contribution >= 0.6 is 0 Å². The first-order valence-corrected chi connectivity index (χ1v) is 8.66. The maximum atomic E-state index is 12.8. The minimum Gasteiger partial charge on any atom is -0.489 e. The zero-order chi connectivity index (χ0) is 19.3. The van der Waals surface area contributed by atoms with Gasteiger partial charge in [-0.3, -0.25) is 9.59 Å². The molecule has 0 heterocycles. The van der Waals surface area contributed by atoms with E-state index in [0.717, 1.165) is 5.56 Å². The predicted molar refractivity (Wildman–Crippen MR) is 104 cm³/mol. The van der Waals surface area contributed by atoms with E-state index >= 15 is 0 Å². The van der Waals surface area contributed by atoms with Gasteiger partial charge in [0.25, 0.3) is 0 Å². The van der Waals surface area contributed by atoms with E-state index in [4.69, 9.17) is 4.74 Å². The van der Waals surface area contributed by atoms with E-state index in [1.54, 1.807) is 26.0 Å². The second-order valence-corrected chi connectivity index (χ2v) is 7.01. The maximum absolute atomic E-state index is 12.8. The van der Waals surface area contributed by atoms with Gasteiger partial charge >= 0.3 is 0 Å². The Morgan fingerprint density at radius 1 is 0.885 bits per heavy atom. The zero-order valence-corrected chi connectivity index (χ0v) is 15.9. The van der Waals surface area contributed by atoms with Crippen LogP contribution in [0.2, 0.25) is 0 Å². The molecule has 2 amide bonds. The van der Waals surface area contributed by atoms with E-state index in [0.29, 0.717) is 17.1 Å². The Hall–Kier alpha value is -2.82. The van der Waals surface area contributed by atoms with Crippen molar-refractivity contribution in [2.75, 3.05) is 10.6 Å². The number of nitrogens with one attached hydrogen (secondary N) is 2. The molecule has 0 bridgehead atoms. The highest BCUT2D eigenvalue weighted by molar-refractivity contribution is 6.14. The van der Waals surface area contributed by atoms with Gasteiger partial charge in [0, 0.05) is 5.69 Å². The van der Waals surface area contributed by atoms with Gasteiger partial charge < -0.3 is 15.4 Å². The van der Waals surface area contributed by atoms with Crippen LogP contribution in [0, 0.1) is 12.3 Å². The molecule has 0 spiro atoms. The molecule has 5 heteroatoms. The van der Waals surface area contributed by atoms with Gasteiger partial charge in [0.2, 0.25) is 11.8 Å². The number of ether oxygens (including phenoxy) is 1. The number of carbonyl (C=O) groups excluding carboxylic acids is 2. The molecule has 0 aliphatic heterocycles. The molecule has 0 aromatic heterocycles. The number of rotatable bonds is 6. The Labute approximate surface area is 154 Å². The van der Waals surface area contributed by atoms with Crippen LogP contribution in [0.15, 0.2) is 48.5 Å². The van der Waals surface area contributed by atoms with Crippen LogP contribution in [-0.4, -0.2) is 17.9 Å². The van der Waals surface area contributed by atoms with E-state index in [1.165, 1.54) is 0 Å². The Kier molecular flexibility index (Phi) is 6.03. The van der Waals surface area contributed by atoms with Crippen LogP contribution in [0.1, 0.15) is 33.3 Å². The molecule has 2 aromatic rings. The molecule has 26 heavy (non-hydrogen) atoms. The van der Waals surface area contributed by atoms with E-state index in [-0.39, 0.29) is 12.0 Å². The van der Waals surface area contributed by atoms with E-state index in [9.17, 15) is 9.59 Å². The molecular formula is C21H26N2O3. The van der Waals surface area contributed by atoms with Gasteiger partial charge in [-0.1, -0.05) is 30.3 Å². The fraction of sp³-hybridized carbons (Fsp3) is 0.333. The fourth-order valence-electron chi connectivity index (χ4n) is 2.30. The lowest BCUT2D eigenvalue weighted by Gasteiger charge is -2.24. The average molecular weight is 354 g/mol. The van der Waals surface area contributed by atoms with Crippen molar-refractivity contribution in [3.05, 3.63) is 54.1 Å². The fourth-order valence-corrected chi connectivity index (χ4v) is 2.30. The van der Waals surface area contributed by atoms with Crippen molar-refractivity contribution in [2.24, 2.45) is 5.41 Å². The second kappa shape index (κ2) is 8.04. The number of carbonyl (C=O) groups is 2. The van der Waals surface area contributed by atoms with Crippen molar-refractivity contribution >= 4 is 23.2 Å². The zero-order valence-electron chi connectivity index (χ0n) is 15.9. The average Bonchev–Trinajstić information content (AvgIpc) is 2.58. The van der Waals surface area contributed by atoms with Crippen molar-refractivity contribution in [1.29, 1.82) is 0 Å². The summed E-state index contributed by atoms with van der Waals surface area (Å²) < 4.78 is 5.72. The van der Waals surface area contributed by atoms with Gasteiger partial charge in [-0.15, -0.1) is 0 Å². The smallest absolute Gasteiger partial charge is 0.239 e. The summed E-state index contributed by atoms with van der Waals surface area (Å²) in [4.78, 5) is 25.4. The molecular weight excluding hydrogens is 328 g/mol. The SMILES string of the molecule is Cc1ccccc1NC(=O)C(C)(C)C(=O)Nc1ccccc1OC(C)C. The van der Waals surface area contributed by atoms with E-state index in [1.807, 2.05) is 57.2 Å². The third kappa shape index (κ3) is 4.63. The first-order valence-electron chi connectivity index (χ1n) is 8.66. The van der Waals surface area contributed by atoms with Crippen molar-refractivity contribution in [1.82, 2.24) is 0 Å². The minimum atomic E-state index is -1.26. The summed E-state index contributed by atoms with van der Waals surface area (Å²) in [5.74, 6) is -0.194. The molecule has 0 radical (unpaired) electrons. The van der Waals surface area contributed by atoms with Crippen LogP contribution in [0.5, 0.6) is 5.75 Å². The normalized spacial score (nSPS) is 11.2. The first kappa shape index (κ1) is 19.5. The molecule has 0 atom stereocenters. The third-order valence-corrected chi connectivity index (χ3v) is 4.03. The summed E-state index contributed by atoms with van der Waals surface area (Å²) in [5.41, 5.74) is 0.922. The lowest BCUT2D eigenvalue weighted by Crippen LogP contribution is -2.41. The number of hydrogen-bond donors (Lipinski definition) is 2. The Balaban J connectivity index is 2.15. The number of anilines is 2. The molecule has 0 aliphatic carbocycles. The van der Waals surface area contributed by atoms with Crippen LogP contribution in [0.3, 0.4) is 0 Å². The lowest BCUT2D eigenvalue weighted by molar-refractivity contribution is -0.135. The summed E-state index contributed by atoms with van der Waals surface area (Å²) in [6.45, 7) is 8.93. The Morgan fingerprint density at radius 3 is 1.96 bits per heavy atom. The van der Waals surface area contributed by atoms with Crippen molar-refractivity contribution in [2.45, 2.75) is 40.7 Å². The van der Waals surface area contributed by atoms with Gasteiger partial charge in [-0.25, -0.2) is 0 Å². The second-order valence-electron chi connectivity index (χ2n) is 7.01. The van der Waals surface area contributed by atoms with Gasteiger partial charge in [-0.05, 0) is 58.4 Å². The summed E-state index contributed by atoms with van der Waals surface area (Å²) in [7, 11) is 0. The third-order valence-electron chi connectivity index (χ3n) is 4.03. The van der Waals surface area contributed by atoms with E-state index < -0.39 is 11.3 Å². The van der Waals surface area contributed by atoms with Gasteiger partial charge in [-0.2, -0.15) is 0 Å². The molecule has 2 aromatic carbocycles.